The molecule has 7 heteroatoms. The maximum absolute atomic E-state index is 12.4. The number of rotatable bonds is 6. The molecule has 1 saturated heterocycles. The zero-order valence-corrected chi connectivity index (χ0v) is 16.5. The van der Waals surface area contributed by atoms with Gasteiger partial charge in [0.05, 0.1) is 10.2 Å². The van der Waals surface area contributed by atoms with Crippen molar-refractivity contribution in [1.82, 2.24) is 15.2 Å². The van der Waals surface area contributed by atoms with Crippen molar-refractivity contribution in [1.29, 1.82) is 0 Å². The Balaban J connectivity index is 1.22. The van der Waals surface area contributed by atoms with Gasteiger partial charge >= 0.3 is 6.09 Å². The normalized spacial score (nSPS) is 16.9. The third-order valence-electron chi connectivity index (χ3n) is 4.78. The molecule has 0 unspecified atom stereocenters. The minimum Gasteiger partial charge on any atom is -0.445 e. The van der Waals surface area contributed by atoms with Crippen molar-refractivity contribution in [3.05, 3.63) is 60.2 Å². The molecule has 0 bridgehead atoms. The fourth-order valence-electron chi connectivity index (χ4n) is 3.30. The van der Waals surface area contributed by atoms with Crippen LogP contribution in [0.15, 0.2) is 54.6 Å². The molecule has 1 aliphatic heterocycles. The Morgan fingerprint density at radius 3 is 2.89 bits per heavy atom. The second-order valence-electron chi connectivity index (χ2n) is 6.84. The predicted molar refractivity (Wildman–Crippen MR) is 113 cm³/mol. The van der Waals surface area contributed by atoms with E-state index in [1.54, 1.807) is 16.2 Å². The summed E-state index contributed by atoms with van der Waals surface area (Å²) < 4.78 is 6.65. The Hall–Kier alpha value is -2.64. The summed E-state index contributed by atoms with van der Waals surface area (Å²) in [7, 11) is 0. The van der Waals surface area contributed by atoms with Gasteiger partial charge in [0, 0.05) is 32.2 Å². The van der Waals surface area contributed by atoms with Crippen LogP contribution in [0.25, 0.3) is 10.2 Å². The molecule has 2 N–H and O–H groups in total. The van der Waals surface area contributed by atoms with Crippen LogP contribution in [0.5, 0.6) is 0 Å². The highest BCUT2D eigenvalue weighted by Gasteiger charge is 2.24. The lowest BCUT2D eigenvalue weighted by Crippen LogP contribution is -2.53. The molecule has 0 radical (unpaired) electrons. The number of benzene rings is 2. The first kappa shape index (κ1) is 18.7. The number of nitrogens with one attached hydrogen (secondary N) is 2. The third-order valence-corrected chi connectivity index (χ3v) is 5.78. The van der Waals surface area contributed by atoms with Crippen LogP contribution in [0, 0.1) is 0 Å². The average molecular weight is 397 g/mol. The number of piperazine rings is 1. The summed E-state index contributed by atoms with van der Waals surface area (Å²) in [5, 5.41) is 7.83. The van der Waals surface area contributed by atoms with E-state index in [0.717, 1.165) is 35.7 Å². The van der Waals surface area contributed by atoms with E-state index in [1.165, 1.54) is 4.70 Å². The lowest BCUT2D eigenvalue weighted by atomic mass is 10.1. The van der Waals surface area contributed by atoms with E-state index < -0.39 is 0 Å². The molecule has 4 rings (SSSR count). The Morgan fingerprint density at radius 1 is 1.21 bits per heavy atom. The van der Waals surface area contributed by atoms with E-state index in [-0.39, 0.29) is 12.1 Å². The zero-order valence-electron chi connectivity index (χ0n) is 15.6. The molecule has 1 amide bonds. The van der Waals surface area contributed by atoms with Crippen molar-refractivity contribution in [2.24, 2.45) is 0 Å². The Bertz CT molecular complexity index is 882. The fourth-order valence-corrected chi connectivity index (χ4v) is 4.19. The molecule has 0 spiro atoms. The van der Waals surface area contributed by atoms with Crippen molar-refractivity contribution in [2.45, 2.75) is 19.1 Å². The molecular formula is C21H24N4O2S. The minimum absolute atomic E-state index is 0.241. The first-order valence-corrected chi connectivity index (χ1v) is 10.4. The van der Waals surface area contributed by atoms with Crippen LogP contribution >= 0.6 is 11.3 Å². The highest BCUT2D eigenvalue weighted by Crippen LogP contribution is 2.25. The van der Waals surface area contributed by atoms with E-state index in [0.29, 0.717) is 19.7 Å². The molecule has 1 aromatic heterocycles. The van der Waals surface area contributed by atoms with Crippen molar-refractivity contribution >= 4 is 32.8 Å². The number of hydrogen-bond acceptors (Lipinski definition) is 6. The van der Waals surface area contributed by atoms with Crippen molar-refractivity contribution in [3.8, 4) is 0 Å². The lowest BCUT2D eigenvalue weighted by Gasteiger charge is -2.33. The van der Waals surface area contributed by atoms with Gasteiger partial charge in [-0.1, -0.05) is 53.8 Å². The van der Waals surface area contributed by atoms with E-state index in [1.807, 2.05) is 48.5 Å². The van der Waals surface area contributed by atoms with E-state index >= 15 is 0 Å². The molecule has 28 heavy (non-hydrogen) atoms. The van der Waals surface area contributed by atoms with Crippen molar-refractivity contribution < 1.29 is 9.53 Å². The van der Waals surface area contributed by atoms with Crippen molar-refractivity contribution in [3.63, 3.8) is 0 Å². The van der Waals surface area contributed by atoms with Crippen LogP contribution in [0.3, 0.4) is 0 Å². The zero-order chi connectivity index (χ0) is 19.2. The van der Waals surface area contributed by atoms with E-state index in [2.05, 4.69) is 21.7 Å². The molecule has 6 nitrogen and oxygen atoms in total. The molecule has 3 aromatic rings. The van der Waals surface area contributed by atoms with Gasteiger partial charge in [0.1, 0.15) is 6.61 Å². The lowest BCUT2D eigenvalue weighted by molar-refractivity contribution is 0.0845. The third kappa shape index (κ3) is 4.79. The quantitative estimate of drug-likeness (QED) is 0.665. The van der Waals surface area contributed by atoms with Crippen LogP contribution < -0.4 is 10.6 Å². The van der Waals surface area contributed by atoms with Crippen LogP contribution in [0.1, 0.15) is 12.0 Å². The van der Waals surface area contributed by atoms with Crippen molar-refractivity contribution in [2.75, 3.05) is 31.5 Å². The molecule has 1 atom stereocenters. The van der Waals surface area contributed by atoms with Crippen LogP contribution in [0.2, 0.25) is 0 Å². The number of carbonyl (C=O) groups is 1. The predicted octanol–water partition coefficient (Wildman–Crippen LogP) is 3.71. The number of amides is 1. The number of fused-ring (bicyclic) bond motifs is 1. The smallest absolute Gasteiger partial charge is 0.410 e. The summed E-state index contributed by atoms with van der Waals surface area (Å²) in [4.78, 5) is 18.8. The summed E-state index contributed by atoms with van der Waals surface area (Å²) in [5.41, 5.74) is 2.03. The number of anilines is 1. The van der Waals surface area contributed by atoms with Gasteiger partial charge in [-0.25, -0.2) is 9.78 Å². The Morgan fingerprint density at radius 2 is 2.04 bits per heavy atom. The van der Waals surface area contributed by atoms with E-state index in [4.69, 9.17) is 4.74 Å². The molecule has 1 aliphatic rings. The average Bonchev–Trinajstić information content (AvgIpc) is 3.16. The number of aromatic nitrogens is 1. The second-order valence-corrected chi connectivity index (χ2v) is 7.87. The molecule has 146 valence electrons. The van der Waals surface area contributed by atoms with Gasteiger partial charge < -0.3 is 20.3 Å². The summed E-state index contributed by atoms with van der Waals surface area (Å²) in [6, 6.07) is 18.2. The maximum Gasteiger partial charge on any atom is 0.410 e. The molecular weight excluding hydrogens is 372 g/mol. The second kappa shape index (κ2) is 9.03. The largest absolute Gasteiger partial charge is 0.445 e. The Labute approximate surface area is 168 Å². The molecule has 0 saturated carbocycles. The molecule has 2 heterocycles. The highest BCUT2D eigenvalue weighted by atomic mass is 32.1. The standard InChI is InChI=1S/C21H24N4O2S/c26-21(27-15-16-6-2-1-3-7-16)25-13-12-22-17(14-25)10-11-23-20-24-18-8-4-5-9-19(18)28-20/h1-9,17,22H,10-15H2,(H,23,24)/t17-/m1/s1. The highest BCUT2D eigenvalue weighted by molar-refractivity contribution is 7.22. The van der Waals surface area contributed by atoms with Gasteiger partial charge in [0.25, 0.3) is 0 Å². The number of thiazole rings is 1. The number of para-hydroxylation sites is 1. The SMILES string of the molecule is O=C(OCc1ccccc1)N1CCN[C@H](CCNc2nc3ccccc3s2)C1. The molecule has 2 aromatic carbocycles. The number of ether oxygens (including phenoxy) is 1. The number of nitrogens with zero attached hydrogens (tertiary/aromatic N) is 2. The summed E-state index contributed by atoms with van der Waals surface area (Å²) in [6.45, 7) is 3.24. The number of hydrogen-bond donors (Lipinski definition) is 2. The fraction of sp³-hybridized carbons (Fsp3) is 0.333. The summed E-state index contributed by atoms with van der Waals surface area (Å²) >= 11 is 1.67. The van der Waals surface area contributed by atoms with Gasteiger partial charge in [-0.05, 0) is 24.1 Å². The first-order chi connectivity index (χ1) is 13.8. The summed E-state index contributed by atoms with van der Waals surface area (Å²) in [6.07, 6.45) is 0.674. The maximum atomic E-state index is 12.4. The van der Waals surface area contributed by atoms with Gasteiger partial charge in [0.15, 0.2) is 5.13 Å². The van der Waals surface area contributed by atoms with Gasteiger partial charge in [-0.3, -0.25) is 0 Å². The molecule has 1 fully saturated rings. The van der Waals surface area contributed by atoms with Gasteiger partial charge in [-0.15, -0.1) is 0 Å². The number of carbonyl (C=O) groups excluding carboxylic acids is 1. The van der Waals surface area contributed by atoms with Crippen LogP contribution in [-0.4, -0.2) is 48.2 Å². The van der Waals surface area contributed by atoms with Gasteiger partial charge in [-0.2, -0.15) is 0 Å². The van der Waals surface area contributed by atoms with E-state index in [9.17, 15) is 4.79 Å². The van der Waals surface area contributed by atoms with Crippen LogP contribution in [0.4, 0.5) is 9.93 Å². The summed E-state index contributed by atoms with van der Waals surface area (Å²) in [5.74, 6) is 0. The first-order valence-electron chi connectivity index (χ1n) is 9.56. The molecule has 0 aliphatic carbocycles. The Kier molecular flexibility index (Phi) is 6.04. The monoisotopic (exact) mass is 396 g/mol. The van der Waals surface area contributed by atoms with Gasteiger partial charge in [0.2, 0.25) is 0 Å². The topological polar surface area (TPSA) is 66.5 Å². The minimum atomic E-state index is -0.241. The van der Waals surface area contributed by atoms with Crippen LogP contribution in [-0.2, 0) is 11.3 Å².